The number of nitrogens with two attached hydrogens (primary N) is 1. The van der Waals surface area contributed by atoms with Crippen LogP contribution in [0.3, 0.4) is 0 Å². The van der Waals surface area contributed by atoms with Gasteiger partial charge in [0, 0.05) is 13.0 Å². The van der Waals surface area contributed by atoms with Gasteiger partial charge in [0.1, 0.15) is 12.2 Å². The minimum Gasteiger partial charge on any atom is -0.392 e. The van der Waals surface area contributed by atoms with Crippen LogP contribution in [0.4, 0.5) is 0 Å². The summed E-state index contributed by atoms with van der Waals surface area (Å²) in [6, 6.07) is 0. The Morgan fingerprint density at radius 3 is 2.72 bits per heavy atom. The second kappa shape index (κ2) is 7.33. The number of amides is 2. The van der Waals surface area contributed by atoms with Crippen LogP contribution in [0.25, 0.3) is 0 Å². The van der Waals surface area contributed by atoms with Crippen molar-refractivity contribution < 1.29 is 9.59 Å². The molecular weight excluding hydrogens is 256 g/mol. The molecule has 1 aromatic heterocycles. The van der Waals surface area contributed by atoms with E-state index >= 15 is 0 Å². The Kier molecular flexibility index (Phi) is 5.71. The van der Waals surface area contributed by atoms with Crippen molar-refractivity contribution in [3.63, 3.8) is 0 Å². The third-order valence-corrected chi connectivity index (χ3v) is 2.11. The Hall–Kier alpha value is -2.03. The highest BCUT2D eigenvalue weighted by molar-refractivity contribution is 7.80. The molecule has 1 rings (SSSR count). The lowest BCUT2D eigenvalue weighted by Gasteiger charge is -2.05. The summed E-state index contributed by atoms with van der Waals surface area (Å²) < 4.78 is 0. The van der Waals surface area contributed by atoms with E-state index in [0.717, 1.165) is 5.82 Å². The molecule has 5 N–H and O–H groups in total. The number of hydrogen-bond donors (Lipinski definition) is 4. The second-order valence-corrected chi connectivity index (χ2v) is 3.96. The van der Waals surface area contributed by atoms with Crippen molar-refractivity contribution >= 4 is 29.0 Å². The number of rotatable bonds is 6. The third kappa shape index (κ3) is 5.34. The fourth-order valence-corrected chi connectivity index (χ4v) is 1.21. The number of H-pyrrole nitrogens is 1. The van der Waals surface area contributed by atoms with Gasteiger partial charge in [-0.2, -0.15) is 5.10 Å². The average Bonchev–Trinajstić information content (AvgIpc) is 2.84. The molecule has 18 heavy (non-hydrogen) atoms. The van der Waals surface area contributed by atoms with E-state index in [2.05, 4.69) is 38.0 Å². The highest BCUT2D eigenvalue weighted by Gasteiger charge is 2.11. The van der Waals surface area contributed by atoms with E-state index in [-0.39, 0.29) is 11.5 Å². The molecule has 0 aliphatic heterocycles. The van der Waals surface area contributed by atoms with Gasteiger partial charge in [0.25, 0.3) is 0 Å². The van der Waals surface area contributed by atoms with Crippen LogP contribution in [-0.4, -0.2) is 45.1 Å². The second-order valence-electron chi connectivity index (χ2n) is 3.44. The maximum atomic E-state index is 11.3. The van der Waals surface area contributed by atoms with Gasteiger partial charge >= 0.3 is 11.8 Å². The van der Waals surface area contributed by atoms with Crippen molar-refractivity contribution in [2.45, 2.75) is 12.8 Å². The summed E-state index contributed by atoms with van der Waals surface area (Å²) in [5.41, 5.74) is 5.19. The lowest BCUT2D eigenvalue weighted by atomic mass is 10.3. The number of aromatic nitrogens is 3. The van der Waals surface area contributed by atoms with Gasteiger partial charge < -0.3 is 16.4 Å². The summed E-state index contributed by atoms with van der Waals surface area (Å²) in [5, 5.41) is 11.2. The standard InChI is InChI=1S/C9H14N6O2S/c10-6(18)4-12-9(17)8(16)11-3-1-2-7-13-5-14-15-7/h5H,1-4H2,(H2,10,18)(H,11,16)(H,12,17)(H,13,14,15). The first-order valence-electron chi connectivity index (χ1n) is 5.28. The molecule has 2 amide bonds. The third-order valence-electron chi connectivity index (χ3n) is 1.97. The molecule has 0 bridgehead atoms. The molecule has 0 atom stereocenters. The van der Waals surface area contributed by atoms with Crippen molar-refractivity contribution in [2.24, 2.45) is 5.73 Å². The SMILES string of the molecule is NC(=S)CNC(=O)C(=O)NCCCc1ncn[nH]1. The lowest BCUT2D eigenvalue weighted by molar-refractivity contribution is -0.139. The number of aryl methyl sites for hydroxylation is 1. The first-order chi connectivity index (χ1) is 8.59. The van der Waals surface area contributed by atoms with E-state index in [1.807, 2.05) is 0 Å². The van der Waals surface area contributed by atoms with Gasteiger partial charge in [0.2, 0.25) is 0 Å². The van der Waals surface area contributed by atoms with Crippen LogP contribution < -0.4 is 16.4 Å². The fraction of sp³-hybridized carbons (Fsp3) is 0.444. The van der Waals surface area contributed by atoms with Crippen molar-refractivity contribution in [3.05, 3.63) is 12.2 Å². The molecular formula is C9H14N6O2S. The van der Waals surface area contributed by atoms with Crippen molar-refractivity contribution in [1.82, 2.24) is 25.8 Å². The summed E-state index contributed by atoms with van der Waals surface area (Å²) in [6.07, 6.45) is 2.72. The van der Waals surface area contributed by atoms with Crippen LogP contribution >= 0.6 is 12.2 Å². The van der Waals surface area contributed by atoms with Gasteiger partial charge in [-0.1, -0.05) is 12.2 Å². The van der Waals surface area contributed by atoms with Gasteiger partial charge in [-0.15, -0.1) is 0 Å². The number of carbonyl (C=O) groups excluding carboxylic acids is 2. The Balaban J connectivity index is 2.12. The quantitative estimate of drug-likeness (QED) is 0.276. The molecule has 0 saturated heterocycles. The molecule has 0 aliphatic rings. The summed E-state index contributed by atoms with van der Waals surface area (Å²) >= 11 is 4.57. The largest absolute Gasteiger partial charge is 0.392 e. The maximum Gasteiger partial charge on any atom is 0.309 e. The Morgan fingerprint density at radius 2 is 2.11 bits per heavy atom. The maximum absolute atomic E-state index is 11.3. The van der Waals surface area contributed by atoms with Crippen LogP contribution in [0.15, 0.2) is 6.33 Å². The zero-order valence-electron chi connectivity index (χ0n) is 9.60. The summed E-state index contributed by atoms with van der Waals surface area (Å²) in [6.45, 7) is 0.389. The van der Waals surface area contributed by atoms with E-state index in [0.29, 0.717) is 19.4 Å². The van der Waals surface area contributed by atoms with Crippen molar-refractivity contribution in [1.29, 1.82) is 0 Å². The number of hydrogen-bond acceptors (Lipinski definition) is 5. The highest BCUT2D eigenvalue weighted by Crippen LogP contribution is 1.91. The van der Waals surface area contributed by atoms with Crippen molar-refractivity contribution in [2.75, 3.05) is 13.1 Å². The first kappa shape index (κ1) is 14.0. The smallest absolute Gasteiger partial charge is 0.309 e. The molecule has 0 aliphatic carbocycles. The minimum atomic E-state index is -0.748. The number of carbonyl (C=O) groups is 2. The topological polar surface area (TPSA) is 126 Å². The van der Waals surface area contributed by atoms with Gasteiger partial charge in [-0.05, 0) is 6.42 Å². The van der Waals surface area contributed by atoms with Gasteiger partial charge in [-0.25, -0.2) is 4.98 Å². The fourth-order valence-electron chi connectivity index (χ4n) is 1.14. The Bertz CT molecular complexity index is 419. The molecule has 98 valence electrons. The van der Waals surface area contributed by atoms with E-state index in [1.54, 1.807) is 0 Å². The summed E-state index contributed by atoms with van der Waals surface area (Å²) in [4.78, 5) is 26.5. The molecule has 8 nitrogen and oxygen atoms in total. The molecule has 9 heteroatoms. The number of nitrogens with one attached hydrogen (secondary N) is 3. The molecule has 0 saturated carbocycles. The van der Waals surface area contributed by atoms with Crippen LogP contribution in [0.1, 0.15) is 12.2 Å². The predicted molar refractivity (Wildman–Crippen MR) is 67.5 cm³/mol. The number of nitrogens with zero attached hydrogens (tertiary/aromatic N) is 2. The number of thiocarbonyl (C=S) groups is 1. The Morgan fingerprint density at radius 1 is 1.39 bits per heavy atom. The van der Waals surface area contributed by atoms with Crippen molar-refractivity contribution in [3.8, 4) is 0 Å². The highest BCUT2D eigenvalue weighted by atomic mass is 32.1. The average molecular weight is 270 g/mol. The zero-order valence-corrected chi connectivity index (χ0v) is 10.4. The summed E-state index contributed by atoms with van der Waals surface area (Å²) in [5.74, 6) is -0.714. The molecule has 0 fully saturated rings. The minimum absolute atomic E-state index is 0.0135. The van der Waals surface area contributed by atoms with Crippen LogP contribution in [0.2, 0.25) is 0 Å². The van der Waals surface area contributed by atoms with E-state index in [1.165, 1.54) is 6.33 Å². The van der Waals surface area contributed by atoms with E-state index in [9.17, 15) is 9.59 Å². The molecule has 1 heterocycles. The normalized spacial score (nSPS) is 9.78. The van der Waals surface area contributed by atoms with Crippen LogP contribution in [0, 0.1) is 0 Å². The monoisotopic (exact) mass is 270 g/mol. The number of aromatic amines is 1. The Labute approximate surface area is 109 Å². The van der Waals surface area contributed by atoms with Gasteiger partial charge in [0.15, 0.2) is 0 Å². The first-order valence-corrected chi connectivity index (χ1v) is 5.69. The van der Waals surface area contributed by atoms with Crippen LogP contribution in [0.5, 0.6) is 0 Å². The van der Waals surface area contributed by atoms with E-state index in [4.69, 9.17) is 5.73 Å². The molecule has 0 unspecified atom stereocenters. The van der Waals surface area contributed by atoms with E-state index < -0.39 is 11.8 Å². The molecule has 0 spiro atoms. The predicted octanol–water partition coefficient (Wildman–Crippen LogP) is -1.74. The summed E-state index contributed by atoms with van der Waals surface area (Å²) in [7, 11) is 0. The molecule has 0 radical (unpaired) electrons. The molecule has 1 aromatic rings. The van der Waals surface area contributed by atoms with Gasteiger partial charge in [0.05, 0.1) is 11.5 Å². The lowest BCUT2D eigenvalue weighted by Crippen LogP contribution is -2.43. The zero-order chi connectivity index (χ0) is 13.4. The molecule has 0 aromatic carbocycles. The van der Waals surface area contributed by atoms with Crippen LogP contribution in [-0.2, 0) is 16.0 Å². The van der Waals surface area contributed by atoms with Gasteiger partial charge in [-0.3, -0.25) is 14.7 Å².